The highest BCUT2D eigenvalue weighted by molar-refractivity contribution is 7.99. The molecule has 4 nitrogen and oxygen atoms in total. The minimum Gasteiger partial charge on any atom is -0.396 e. The molecular weight excluding hydrogens is 287 g/mol. The minimum atomic E-state index is -3.65. The number of sulfonamides is 1. The molecule has 0 fully saturated rings. The average Bonchev–Trinajstić information content (AvgIpc) is 2.35. The Balaban J connectivity index is 2.75. The van der Waals surface area contributed by atoms with Crippen LogP contribution in [0.5, 0.6) is 0 Å². The summed E-state index contributed by atoms with van der Waals surface area (Å²) in [5.41, 5.74) is 5.47. The SMILES string of the molecule is C=CCSCCNS(=O)(=O)c1cc(C)c(F)c(N)c1. The summed E-state index contributed by atoms with van der Waals surface area (Å²) in [6.07, 6.45) is 1.75. The van der Waals surface area contributed by atoms with Crippen LogP contribution in [0, 0.1) is 12.7 Å². The number of rotatable bonds is 7. The summed E-state index contributed by atoms with van der Waals surface area (Å²) in [7, 11) is -3.65. The van der Waals surface area contributed by atoms with E-state index < -0.39 is 15.8 Å². The topological polar surface area (TPSA) is 72.2 Å². The van der Waals surface area contributed by atoms with Crippen molar-refractivity contribution in [3.63, 3.8) is 0 Å². The van der Waals surface area contributed by atoms with E-state index in [0.29, 0.717) is 12.3 Å². The van der Waals surface area contributed by atoms with E-state index in [1.807, 2.05) is 0 Å². The molecule has 1 aromatic rings. The Kier molecular flexibility index (Phi) is 5.84. The van der Waals surface area contributed by atoms with Crippen LogP contribution in [0.15, 0.2) is 29.7 Å². The summed E-state index contributed by atoms with van der Waals surface area (Å²) >= 11 is 1.57. The lowest BCUT2D eigenvalue weighted by molar-refractivity contribution is 0.583. The van der Waals surface area contributed by atoms with E-state index >= 15 is 0 Å². The van der Waals surface area contributed by atoms with Gasteiger partial charge in [-0.25, -0.2) is 17.5 Å². The fraction of sp³-hybridized carbons (Fsp3) is 0.333. The molecule has 7 heteroatoms. The third kappa shape index (κ3) is 4.52. The molecule has 1 rings (SSSR count). The van der Waals surface area contributed by atoms with Crippen LogP contribution >= 0.6 is 11.8 Å². The summed E-state index contributed by atoms with van der Waals surface area (Å²) in [6.45, 7) is 5.35. The third-order valence-corrected chi connectivity index (χ3v) is 4.75. The van der Waals surface area contributed by atoms with Crippen molar-refractivity contribution in [3.8, 4) is 0 Å². The molecule has 0 unspecified atom stereocenters. The van der Waals surface area contributed by atoms with E-state index in [0.717, 1.165) is 11.8 Å². The highest BCUT2D eigenvalue weighted by Crippen LogP contribution is 2.20. The van der Waals surface area contributed by atoms with Gasteiger partial charge in [0.25, 0.3) is 0 Å². The van der Waals surface area contributed by atoms with Gasteiger partial charge in [0.2, 0.25) is 10.0 Å². The monoisotopic (exact) mass is 304 g/mol. The van der Waals surface area contributed by atoms with Crippen LogP contribution in [0.2, 0.25) is 0 Å². The molecule has 0 aromatic heterocycles. The molecule has 0 aliphatic carbocycles. The van der Waals surface area contributed by atoms with E-state index in [-0.39, 0.29) is 16.1 Å². The molecule has 0 aliphatic rings. The Bertz CT molecular complexity index is 536. The molecule has 0 saturated heterocycles. The Morgan fingerprint density at radius 1 is 1.53 bits per heavy atom. The molecule has 1 aromatic carbocycles. The largest absolute Gasteiger partial charge is 0.396 e. The van der Waals surface area contributed by atoms with Crippen molar-refractivity contribution in [2.24, 2.45) is 0 Å². The summed E-state index contributed by atoms with van der Waals surface area (Å²) in [5, 5.41) is 0. The Hall–Kier alpha value is -1.05. The van der Waals surface area contributed by atoms with Gasteiger partial charge in [0.15, 0.2) is 0 Å². The molecule has 0 spiro atoms. The lowest BCUT2D eigenvalue weighted by atomic mass is 10.2. The van der Waals surface area contributed by atoms with E-state index in [9.17, 15) is 12.8 Å². The lowest BCUT2D eigenvalue weighted by Gasteiger charge is -2.09. The number of thioether (sulfide) groups is 1. The molecule has 0 bridgehead atoms. The first-order valence-electron chi connectivity index (χ1n) is 5.62. The number of halogens is 1. The van der Waals surface area contributed by atoms with Crippen LogP contribution < -0.4 is 10.5 Å². The fourth-order valence-corrected chi connectivity index (χ4v) is 3.28. The smallest absolute Gasteiger partial charge is 0.240 e. The van der Waals surface area contributed by atoms with E-state index in [1.165, 1.54) is 13.0 Å². The Morgan fingerprint density at radius 3 is 2.79 bits per heavy atom. The van der Waals surface area contributed by atoms with Crippen molar-refractivity contribution in [2.45, 2.75) is 11.8 Å². The van der Waals surface area contributed by atoms with Crippen molar-refractivity contribution >= 4 is 27.5 Å². The van der Waals surface area contributed by atoms with E-state index in [1.54, 1.807) is 17.8 Å². The van der Waals surface area contributed by atoms with Gasteiger partial charge < -0.3 is 5.73 Å². The number of nitrogens with two attached hydrogens (primary N) is 1. The lowest BCUT2D eigenvalue weighted by Crippen LogP contribution is -2.26. The molecule has 0 radical (unpaired) electrons. The van der Waals surface area contributed by atoms with Gasteiger partial charge in [-0.1, -0.05) is 6.08 Å². The van der Waals surface area contributed by atoms with Gasteiger partial charge in [-0.2, -0.15) is 11.8 Å². The number of anilines is 1. The number of hydrogen-bond donors (Lipinski definition) is 2. The maximum atomic E-state index is 13.3. The zero-order chi connectivity index (χ0) is 14.5. The number of aryl methyl sites for hydroxylation is 1. The second-order valence-corrected chi connectivity index (χ2v) is 6.82. The number of nitrogens with one attached hydrogen (secondary N) is 1. The maximum Gasteiger partial charge on any atom is 0.240 e. The molecule has 0 atom stereocenters. The van der Waals surface area contributed by atoms with Gasteiger partial charge in [-0.3, -0.25) is 0 Å². The van der Waals surface area contributed by atoms with Gasteiger partial charge in [0, 0.05) is 18.1 Å². The van der Waals surface area contributed by atoms with Crippen LogP contribution in [0.3, 0.4) is 0 Å². The van der Waals surface area contributed by atoms with Gasteiger partial charge >= 0.3 is 0 Å². The summed E-state index contributed by atoms with van der Waals surface area (Å²) < 4.78 is 39.7. The van der Waals surface area contributed by atoms with Gasteiger partial charge in [0.05, 0.1) is 10.6 Å². The number of nitrogen functional groups attached to an aromatic ring is 1. The highest BCUT2D eigenvalue weighted by atomic mass is 32.2. The molecule has 0 saturated carbocycles. The van der Waals surface area contributed by atoms with Crippen molar-refractivity contribution < 1.29 is 12.8 Å². The Labute approximate surface area is 117 Å². The van der Waals surface area contributed by atoms with Crippen molar-refractivity contribution in [1.29, 1.82) is 0 Å². The number of hydrogen-bond acceptors (Lipinski definition) is 4. The first-order valence-corrected chi connectivity index (χ1v) is 8.26. The summed E-state index contributed by atoms with van der Waals surface area (Å²) in [4.78, 5) is -0.0161. The molecule has 0 aliphatic heterocycles. The molecule has 3 N–H and O–H groups in total. The predicted molar refractivity (Wildman–Crippen MR) is 78.3 cm³/mol. The zero-order valence-corrected chi connectivity index (χ0v) is 12.3. The van der Waals surface area contributed by atoms with Crippen LogP contribution in [-0.4, -0.2) is 26.5 Å². The van der Waals surface area contributed by atoms with Crippen LogP contribution in [-0.2, 0) is 10.0 Å². The van der Waals surface area contributed by atoms with E-state index in [4.69, 9.17) is 5.73 Å². The molecule has 106 valence electrons. The molecular formula is C12H17FN2O2S2. The van der Waals surface area contributed by atoms with Gasteiger partial charge in [-0.05, 0) is 24.6 Å². The van der Waals surface area contributed by atoms with Crippen LogP contribution in [0.1, 0.15) is 5.56 Å². The summed E-state index contributed by atoms with van der Waals surface area (Å²) in [5.74, 6) is 0.825. The first-order chi connectivity index (χ1) is 8.88. The normalized spacial score (nSPS) is 11.5. The molecule has 0 heterocycles. The van der Waals surface area contributed by atoms with Crippen molar-refractivity contribution in [2.75, 3.05) is 23.8 Å². The average molecular weight is 304 g/mol. The quantitative estimate of drug-likeness (QED) is 0.458. The maximum absolute atomic E-state index is 13.3. The zero-order valence-electron chi connectivity index (χ0n) is 10.6. The van der Waals surface area contributed by atoms with Gasteiger partial charge in [-0.15, -0.1) is 6.58 Å². The van der Waals surface area contributed by atoms with Crippen molar-refractivity contribution in [3.05, 3.63) is 36.2 Å². The Morgan fingerprint density at radius 2 is 2.21 bits per heavy atom. The van der Waals surface area contributed by atoms with Crippen LogP contribution in [0.25, 0.3) is 0 Å². The highest BCUT2D eigenvalue weighted by Gasteiger charge is 2.16. The first kappa shape index (κ1) is 16.0. The molecule has 19 heavy (non-hydrogen) atoms. The third-order valence-electron chi connectivity index (χ3n) is 2.34. The second-order valence-electron chi connectivity index (χ2n) is 3.90. The fourth-order valence-electron chi connectivity index (χ4n) is 1.42. The number of benzene rings is 1. The molecule has 0 amide bonds. The summed E-state index contributed by atoms with van der Waals surface area (Å²) in [6, 6.07) is 2.40. The predicted octanol–water partition coefficient (Wildman–Crippen LogP) is 1.91. The van der Waals surface area contributed by atoms with E-state index in [2.05, 4.69) is 11.3 Å². The van der Waals surface area contributed by atoms with Crippen molar-refractivity contribution in [1.82, 2.24) is 4.72 Å². The minimum absolute atomic E-state index is 0.0161. The second kappa shape index (κ2) is 6.93. The van der Waals surface area contributed by atoms with Crippen LogP contribution in [0.4, 0.5) is 10.1 Å². The standard InChI is InChI=1S/C12H17FN2O2S2/c1-3-5-18-6-4-15-19(16,17)10-7-9(2)12(13)11(14)8-10/h3,7-8,15H,1,4-6,14H2,2H3. The van der Waals surface area contributed by atoms with Gasteiger partial charge in [0.1, 0.15) is 5.82 Å².